The summed E-state index contributed by atoms with van der Waals surface area (Å²) in [5.41, 5.74) is 0. The Balaban J connectivity index is 1.51. The predicted molar refractivity (Wildman–Crippen MR) is 77.0 cm³/mol. The van der Waals surface area contributed by atoms with Gasteiger partial charge in [-0.1, -0.05) is 0 Å². The van der Waals surface area contributed by atoms with Crippen molar-refractivity contribution in [2.75, 3.05) is 11.9 Å². The highest BCUT2D eigenvalue weighted by molar-refractivity contribution is 9.10. The minimum absolute atomic E-state index is 0.573. The average Bonchev–Trinajstić information content (AvgIpc) is 3.12. The molecule has 1 fully saturated rings. The molecule has 0 spiro atoms. The van der Waals surface area contributed by atoms with Gasteiger partial charge in [-0.3, -0.25) is 0 Å². The minimum Gasteiger partial charge on any atom is -0.370 e. The van der Waals surface area contributed by atoms with Crippen LogP contribution in [0.4, 0.5) is 5.82 Å². The second kappa shape index (κ2) is 5.69. The topological polar surface area (TPSA) is 55.6 Å². The third-order valence-corrected chi connectivity index (χ3v) is 3.52. The molecule has 3 rings (SSSR count). The summed E-state index contributed by atoms with van der Waals surface area (Å²) in [5, 5.41) is 3.36. The number of anilines is 1. The molecule has 0 amide bonds. The summed E-state index contributed by atoms with van der Waals surface area (Å²) in [4.78, 5) is 13.0. The van der Waals surface area contributed by atoms with Gasteiger partial charge in [0.25, 0.3) is 0 Å². The van der Waals surface area contributed by atoms with Crippen molar-refractivity contribution in [3.05, 3.63) is 35.2 Å². The first-order valence-electron chi connectivity index (χ1n) is 6.55. The van der Waals surface area contributed by atoms with Crippen LogP contribution in [0.5, 0.6) is 0 Å². The van der Waals surface area contributed by atoms with E-state index in [-0.39, 0.29) is 0 Å². The molecule has 100 valence electrons. The largest absolute Gasteiger partial charge is 0.370 e. The molecule has 0 bridgehead atoms. The molecular weight excluding hydrogens is 306 g/mol. The highest BCUT2D eigenvalue weighted by atomic mass is 79.9. The lowest BCUT2D eigenvalue weighted by Crippen LogP contribution is -2.08. The van der Waals surface area contributed by atoms with Crippen molar-refractivity contribution >= 4 is 21.7 Å². The van der Waals surface area contributed by atoms with Crippen molar-refractivity contribution in [3.63, 3.8) is 0 Å². The number of nitrogens with zero attached hydrogens (tertiary/aromatic N) is 4. The van der Waals surface area contributed by atoms with E-state index < -0.39 is 0 Å². The fourth-order valence-electron chi connectivity index (χ4n) is 1.95. The van der Waals surface area contributed by atoms with Gasteiger partial charge < -0.3 is 9.88 Å². The van der Waals surface area contributed by atoms with Gasteiger partial charge in [-0.25, -0.2) is 15.0 Å². The SMILES string of the molecule is Brc1cc(NCCCn2ccnc2)nc(C2CC2)n1. The Labute approximate surface area is 120 Å². The molecule has 0 aromatic carbocycles. The number of nitrogens with one attached hydrogen (secondary N) is 1. The summed E-state index contributed by atoms with van der Waals surface area (Å²) in [6.07, 6.45) is 9.10. The Morgan fingerprint density at radius 2 is 2.26 bits per heavy atom. The zero-order chi connectivity index (χ0) is 13.1. The number of hydrogen-bond donors (Lipinski definition) is 1. The van der Waals surface area contributed by atoms with Crippen molar-refractivity contribution in [1.82, 2.24) is 19.5 Å². The number of hydrogen-bond acceptors (Lipinski definition) is 4. The maximum atomic E-state index is 4.56. The molecule has 0 aliphatic heterocycles. The van der Waals surface area contributed by atoms with Gasteiger partial charge in [0.1, 0.15) is 16.2 Å². The smallest absolute Gasteiger partial charge is 0.135 e. The van der Waals surface area contributed by atoms with Crippen LogP contribution >= 0.6 is 15.9 Å². The van der Waals surface area contributed by atoms with Crippen molar-refractivity contribution in [2.45, 2.75) is 31.7 Å². The fourth-order valence-corrected chi connectivity index (χ4v) is 2.35. The third-order valence-electron chi connectivity index (χ3n) is 3.11. The van der Waals surface area contributed by atoms with Crippen LogP contribution in [0, 0.1) is 0 Å². The summed E-state index contributed by atoms with van der Waals surface area (Å²) in [7, 11) is 0. The molecule has 2 aromatic heterocycles. The van der Waals surface area contributed by atoms with Crippen molar-refractivity contribution < 1.29 is 0 Å². The molecule has 0 radical (unpaired) electrons. The second-order valence-electron chi connectivity index (χ2n) is 4.79. The Morgan fingerprint density at radius 3 is 3.00 bits per heavy atom. The molecule has 1 aliphatic rings. The molecule has 1 saturated carbocycles. The van der Waals surface area contributed by atoms with Gasteiger partial charge in [-0.15, -0.1) is 0 Å². The van der Waals surface area contributed by atoms with Crippen LogP contribution in [-0.4, -0.2) is 26.1 Å². The molecule has 19 heavy (non-hydrogen) atoms. The van der Waals surface area contributed by atoms with E-state index in [2.05, 4.69) is 40.8 Å². The lowest BCUT2D eigenvalue weighted by atomic mass is 10.3. The number of aromatic nitrogens is 4. The maximum Gasteiger partial charge on any atom is 0.135 e. The summed E-state index contributed by atoms with van der Waals surface area (Å²) in [5.74, 6) is 2.45. The van der Waals surface area contributed by atoms with Crippen LogP contribution < -0.4 is 5.32 Å². The zero-order valence-corrected chi connectivity index (χ0v) is 12.2. The lowest BCUT2D eigenvalue weighted by Gasteiger charge is -2.08. The van der Waals surface area contributed by atoms with Gasteiger partial charge >= 0.3 is 0 Å². The standard InChI is InChI=1S/C13H16BrN5/c14-11-8-12(18-13(17-11)10-2-3-10)16-4-1-6-19-7-5-15-9-19/h5,7-10H,1-4,6H2,(H,16,17,18). The van der Waals surface area contributed by atoms with E-state index in [9.17, 15) is 0 Å². The molecule has 6 heteroatoms. The fraction of sp³-hybridized carbons (Fsp3) is 0.462. The normalized spacial score (nSPS) is 14.6. The molecule has 1 N–H and O–H groups in total. The van der Waals surface area contributed by atoms with Crippen LogP contribution in [0.25, 0.3) is 0 Å². The van der Waals surface area contributed by atoms with Crippen LogP contribution in [0.2, 0.25) is 0 Å². The van der Waals surface area contributed by atoms with E-state index in [1.165, 1.54) is 12.8 Å². The monoisotopic (exact) mass is 321 g/mol. The van der Waals surface area contributed by atoms with Gasteiger partial charge in [-0.05, 0) is 35.2 Å². The van der Waals surface area contributed by atoms with E-state index in [1.54, 1.807) is 6.20 Å². The maximum absolute atomic E-state index is 4.56. The quantitative estimate of drug-likeness (QED) is 0.656. The average molecular weight is 322 g/mol. The summed E-state index contributed by atoms with van der Waals surface area (Å²) in [6, 6.07) is 1.93. The van der Waals surface area contributed by atoms with Crippen molar-refractivity contribution in [3.8, 4) is 0 Å². The first-order valence-corrected chi connectivity index (χ1v) is 7.34. The van der Waals surface area contributed by atoms with Crippen LogP contribution in [-0.2, 0) is 6.54 Å². The summed E-state index contributed by atoms with van der Waals surface area (Å²) < 4.78 is 2.94. The van der Waals surface area contributed by atoms with E-state index in [0.29, 0.717) is 5.92 Å². The predicted octanol–water partition coefficient (Wildman–Crippen LogP) is 2.82. The van der Waals surface area contributed by atoms with E-state index >= 15 is 0 Å². The molecule has 2 aromatic rings. The third kappa shape index (κ3) is 3.53. The highest BCUT2D eigenvalue weighted by Crippen LogP contribution is 2.38. The molecule has 0 unspecified atom stereocenters. The van der Waals surface area contributed by atoms with Crippen LogP contribution in [0.1, 0.15) is 31.0 Å². The van der Waals surface area contributed by atoms with Crippen molar-refractivity contribution in [1.29, 1.82) is 0 Å². The number of halogens is 1. The van der Waals surface area contributed by atoms with Gasteiger partial charge in [0.15, 0.2) is 0 Å². The molecule has 5 nitrogen and oxygen atoms in total. The summed E-state index contributed by atoms with van der Waals surface area (Å²) in [6.45, 7) is 1.86. The Bertz CT molecular complexity index is 536. The zero-order valence-electron chi connectivity index (χ0n) is 10.6. The molecule has 2 heterocycles. The lowest BCUT2D eigenvalue weighted by molar-refractivity contribution is 0.659. The number of imidazole rings is 1. The van der Waals surface area contributed by atoms with Crippen LogP contribution in [0.3, 0.4) is 0 Å². The second-order valence-corrected chi connectivity index (χ2v) is 5.60. The van der Waals surface area contributed by atoms with Gasteiger partial charge in [0.05, 0.1) is 6.33 Å². The Kier molecular flexibility index (Phi) is 3.77. The number of aryl methyl sites for hydroxylation is 1. The molecule has 1 aliphatic carbocycles. The van der Waals surface area contributed by atoms with Gasteiger partial charge in [-0.2, -0.15) is 0 Å². The molecule has 0 saturated heterocycles. The van der Waals surface area contributed by atoms with E-state index in [0.717, 1.165) is 35.8 Å². The summed E-state index contributed by atoms with van der Waals surface area (Å²) >= 11 is 3.45. The molecule has 0 atom stereocenters. The van der Waals surface area contributed by atoms with E-state index in [4.69, 9.17) is 0 Å². The minimum atomic E-state index is 0.573. The first-order chi connectivity index (χ1) is 9.31. The molecular formula is C13H16BrN5. The van der Waals surface area contributed by atoms with Gasteiger partial charge in [0.2, 0.25) is 0 Å². The van der Waals surface area contributed by atoms with E-state index in [1.807, 2.05) is 18.6 Å². The number of rotatable bonds is 6. The van der Waals surface area contributed by atoms with Crippen LogP contribution in [0.15, 0.2) is 29.4 Å². The first kappa shape index (κ1) is 12.6. The van der Waals surface area contributed by atoms with Crippen molar-refractivity contribution in [2.24, 2.45) is 0 Å². The highest BCUT2D eigenvalue weighted by Gasteiger charge is 2.27. The van der Waals surface area contributed by atoms with Gasteiger partial charge in [0, 0.05) is 37.5 Å². The Hall–Kier alpha value is -1.43. The Morgan fingerprint density at radius 1 is 1.37 bits per heavy atom.